The van der Waals surface area contributed by atoms with Crippen LogP contribution >= 0.6 is 11.8 Å². The molecule has 1 aromatic rings. The van der Waals surface area contributed by atoms with E-state index in [1.165, 1.54) is 24.8 Å². The van der Waals surface area contributed by atoms with Gasteiger partial charge < -0.3 is 10.1 Å². The van der Waals surface area contributed by atoms with Crippen LogP contribution in [0, 0.1) is 5.92 Å². The van der Waals surface area contributed by atoms with Crippen LogP contribution in [0.15, 0.2) is 24.3 Å². The van der Waals surface area contributed by atoms with Crippen molar-refractivity contribution in [3.05, 3.63) is 29.8 Å². The molecule has 0 heterocycles. The summed E-state index contributed by atoms with van der Waals surface area (Å²) in [4.78, 5) is 0. The number of thioether (sulfide) groups is 1. The second-order valence-electron chi connectivity index (χ2n) is 6.47. The van der Waals surface area contributed by atoms with E-state index >= 15 is 0 Å². The number of ether oxygens (including phenoxy) is 1. The van der Waals surface area contributed by atoms with E-state index < -0.39 is 0 Å². The van der Waals surface area contributed by atoms with E-state index in [1.54, 1.807) is 0 Å². The van der Waals surface area contributed by atoms with Gasteiger partial charge in [-0.25, -0.2) is 0 Å². The lowest BCUT2D eigenvalue weighted by Gasteiger charge is -2.24. The summed E-state index contributed by atoms with van der Waals surface area (Å²) < 4.78 is 5.75. The quantitative estimate of drug-likeness (QED) is 0.792. The molecule has 1 aliphatic carbocycles. The number of benzene rings is 1. The fraction of sp³-hybridized carbons (Fsp3) is 0.667. The van der Waals surface area contributed by atoms with Crippen LogP contribution in [-0.4, -0.2) is 24.2 Å². The average Bonchev–Trinajstić information content (AvgIpc) is 2.92. The number of rotatable bonds is 7. The molecule has 2 nitrogen and oxygen atoms in total. The van der Waals surface area contributed by atoms with E-state index in [2.05, 4.69) is 56.6 Å². The summed E-state index contributed by atoms with van der Waals surface area (Å²) >= 11 is 2.01. The maximum Gasteiger partial charge on any atom is 0.119 e. The van der Waals surface area contributed by atoms with E-state index in [4.69, 9.17) is 4.74 Å². The van der Waals surface area contributed by atoms with Crippen LogP contribution in [0.4, 0.5) is 0 Å². The van der Waals surface area contributed by atoms with Gasteiger partial charge in [-0.2, -0.15) is 11.8 Å². The van der Waals surface area contributed by atoms with E-state index in [1.807, 2.05) is 11.8 Å². The Bertz CT molecular complexity index is 418. The predicted molar refractivity (Wildman–Crippen MR) is 93.3 cm³/mol. The van der Waals surface area contributed by atoms with Gasteiger partial charge in [0.25, 0.3) is 0 Å². The molecule has 21 heavy (non-hydrogen) atoms. The second kappa shape index (κ2) is 8.09. The van der Waals surface area contributed by atoms with Crippen LogP contribution in [-0.2, 0) is 0 Å². The Morgan fingerprint density at radius 1 is 1.19 bits per heavy atom. The van der Waals surface area contributed by atoms with E-state index in [0.29, 0.717) is 18.0 Å². The molecule has 2 rings (SSSR count). The van der Waals surface area contributed by atoms with Gasteiger partial charge in [0.05, 0.1) is 6.61 Å². The van der Waals surface area contributed by atoms with Gasteiger partial charge in [-0.1, -0.05) is 32.4 Å². The van der Waals surface area contributed by atoms with Crippen molar-refractivity contribution in [2.45, 2.75) is 57.4 Å². The molecule has 3 atom stereocenters. The van der Waals surface area contributed by atoms with Crippen molar-refractivity contribution in [1.29, 1.82) is 0 Å². The molecule has 0 spiro atoms. The van der Waals surface area contributed by atoms with Crippen LogP contribution in [0.3, 0.4) is 0 Å². The summed E-state index contributed by atoms with van der Waals surface area (Å²) in [7, 11) is 0. The monoisotopic (exact) mass is 307 g/mol. The van der Waals surface area contributed by atoms with E-state index in [0.717, 1.165) is 17.6 Å². The van der Waals surface area contributed by atoms with Crippen molar-refractivity contribution in [3.63, 3.8) is 0 Å². The molecule has 0 amide bonds. The molecule has 1 aromatic carbocycles. The molecule has 1 aliphatic rings. The molecule has 0 saturated heterocycles. The van der Waals surface area contributed by atoms with Crippen molar-refractivity contribution in [2.24, 2.45) is 5.92 Å². The highest BCUT2D eigenvalue weighted by Crippen LogP contribution is 2.30. The Morgan fingerprint density at radius 2 is 1.90 bits per heavy atom. The number of hydrogen-bond acceptors (Lipinski definition) is 3. The molecule has 1 fully saturated rings. The first-order chi connectivity index (χ1) is 10.1. The Hall–Kier alpha value is -0.670. The van der Waals surface area contributed by atoms with Crippen LogP contribution < -0.4 is 10.1 Å². The smallest absolute Gasteiger partial charge is 0.119 e. The first kappa shape index (κ1) is 16.7. The zero-order chi connectivity index (χ0) is 15.2. The summed E-state index contributed by atoms with van der Waals surface area (Å²) in [5, 5.41) is 4.58. The normalized spacial score (nSPS) is 23.5. The van der Waals surface area contributed by atoms with Crippen LogP contribution in [0.1, 0.15) is 51.6 Å². The predicted octanol–water partition coefficient (Wildman–Crippen LogP) is 4.66. The number of nitrogens with one attached hydrogen (secondary N) is 1. The Labute approximate surface area is 134 Å². The largest absolute Gasteiger partial charge is 0.493 e. The summed E-state index contributed by atoms with van der Waals surface area (Å²) in [5.74, 6) is 1.54. The molecule has 1 saturated carbocycles. The minimum atomic E-state index is 0.405. The van der Waals surface area contributed by atoms with Crippen molar-refractivity contribution >= 4 is 11.8 Å². The maximum atomic E-state index is 5.75. The third-order valence-electron chi connectivity index (χ3n) is 4.18. The zero-order valence-electron chi connectivity index (χ0n) is 13.8. The molecule has 1 N–H and O–H groups in total. The Kier molecular flexibility index (Phi) is 6.43. The summed E-state index contributed by atoms with van der Waals surface area (Å²) in [6.45, 7) is 7.39. The van der Waals surface area contributed by atoms with Gasteiger partial charge in [0.15, 0.2) is 0 Å². The summed E-state index contributed by atoms with van der Waals surface area (Å²) in [5.41, 5.74) is 1.35. The molecule has 3 unspecified atom stereocenters. The van der Waals surface area contributed by atoms with Gasteiger partial charge in [0.1, 0.15) is 5.75 Å². The fourth-order valence-electron chi connectivity index (χ4n) is 2.93. The summed E-state index contributed by atoms with van der Waals surface area (Å²) in [6, 6.07) is 9.63. The average molecular weight is 308 g/mol. The third kappa shape index (κ3) is 4.93. The lowest BCUT2D eigenvalue weighted by Crippen LogP contribution is -2.35. The van der Waals surface area contributed by atoms with Crippen molar-refractivity contribution in [1.82, 2.24) is 5.32 Å². The van der Waals surface area contributed by atoms with Gasteiger partial charge in [-0.05, 0) is 49.6 Å². The van der Waals surface area contributed by atoms with Gasteiger partial charge in [-0.3, -0.25) is 0 Å². The van der Waals surface area contributed by atoms with Crippen LogP contribution in [0.25, 0.3) is 0 Å². The highest BCUT2D eigenvalue weighted by molar-refractivity contribution is 7.99. The van der Waals surface area contributed by atoms with E-state index in [9.17, 15) is 0 Å². The highest BCUT2D eigenvalue weighted by atomic mass is 32.2. The number of hydrogen-bond donors (Lipinski definition) is 1. The first-order valence-corrected chi connectivity index (χ1v) is 9.40. The van der Waals surface area contributed by atoms with Crippen LogP contribution in [0.5, 0.6) is 5.75 Å². The lowest BCUT2D eigenvalue weighted by atomic mass is 10.1. The molecule has 0 bridgehead atoms. The van der Waals surface area contributed by atoms with Crippen molar-refractivity contribution < 1.29 is 4.74 Å². The third-order valence-corrected chi connectivity index (χ3v) is 5.35. The second-order valence-corrected chi connectivity index (χ2v) is 7.55. The van der Waals surface area contributed by atoms with Gasteiger partial charge in [0.2, 0.25) is 0 Å². The minimum absolute atomic E-state index is 0.405. The lowest BCUT2D eigenvalue weighted by molar-refractivity contribution is 0.271. The molecule has 0 radical (unpaired) electrons. The molecule has 3 heteroatoms. The molecular weight excluding hydrogens is 278 g/mol. The highest BCUT2D eigenvalue weighted by Gasteiger charge is 2.27. The Balaban J connectivity index is 1.88. The standard InChI is InChI=1S/C18H29NOS/c1-13(2)12-20-16-10-8-15(9-11-16)14(3)19-17-6-5-7-18(17)21-4/h8-11,13-14,17-19H,5-7,12H2,1-4H3. The Morgan fingerprint density at radius 3 is 2.52 bits per heavy atom. The molecule has 0 aromatic heterocycles. The van der Waals surface area contributed by atoms with Crippen molar-refractivity contribution in [2.75, 3.05) is 12.9 Å². The zero-order valence-corrected chi connectivity index (χ0v) is 14.6. The van der Waals surface area contributed by atoms with Gasteiger partial charge in [0, 0.05) is 17.3 Å². The first-order valence-electron chi connectivity index (χ1n) is 8.11. The molecular formula is C18H29NOS. The minimum Gasteiger partial charge on any atom is -0.493 e. The maximum absolute atomic E-state index is 5.75. The van der Waals surface area contributed by atoms with Crippen molar-refractivity contribution in [3.8, 4) is 5.75 Å². The topological polar surface area (TPSA) is 21.3 Å². The SMILES string of the molecule is CSC1CCCC1NC(C)c1ccc(OCC(C)C)cc1. The van der Waals surface area contributed by atoms with E-state index in [-0.39, 0.29) is 0 Å². The summed E-state index contributed by atoms with van der Waals surface area (Å²) in [6.07, 6.45) is 6.26. The van der Waals surface area contributed by atoms with Crippen LogP contribution in [0.2, 0.25) is 0 Å². The van der Waals surface area contributed by atoms with Gasteiger partial charge >= 0.3 is 0 Å². The molecule has 0 aliphatic heterocycles. The fourth-order valence-corrected chi connectivity index (χ4v) is 3.88. The van der Waals surface area contributed by atoms with Gasteiger partial charge in [-0.15, -0.1) is 0 Å². The molecule has 118 valence electrons.